The summed E-state index contributed by atoms with van der Waals surface area (Å²) in [5, 5.41) is 21.2. The van der Waals surface area contributed by atoms with E-state index in [-0.39, 0.29) is 24.0 Å². The van der Waals surface area contributed by atoms with Crippen LogP contribution in [0.1, 0.15) is 5.69 Å². The van der Waals surface area contributed by atoms with Crippen molar-refractivity contribution in [2.24, 2.45) is 7.05 Å². The molecule has 0 saturated heterocycles. The molecule has 2 aromatic rings. The van der Waals surface area contributed by atoms with Gasteiger partial charge in [0.2, 0.25) is 5.91 Å². The third-order valence-corrected chi connectivity index (χ3v) is 2.79. The monoisotopic (exact) mass is 294 g/mol. The van der Waals surface area contributed by atoms with E-state index < -0.39 is 4.92 Å². The Balaban J connectivity index is 1.96. The fraction of sp³-hybridized carbons (Fsp3) is 0.364. The molecule has 10 heteroatoms. The molecule has 2 heterocycles. The zero-order valence-corrected chi connectivity index (χ0v) is 11.5. The number of hydrogen-bond donors (Lipinski definition) is 1. The van der Waals surface area contributed by atoms with Crippen LogP contribution >= 0.6 is 0 Å². The molecule has 0 saturated carbocycles. The van der Waals surface area contributed by atoms with Crippen LogP contribution in [0.25, 0.3) is 0 Å². The molecule has 0 aliphatic heterocycles. The van der Waals surface area contributed by atoms with Gasteiger partial charge < -0.3 is 10.1 Å². The Bertz CT molecular complexity index is 661. The van der Waals surface area contributed by atoms with Crippen LogP contribution in [-0.4, -0.2) is 37.5 Å². The normalized spacial score (nSPS) is 10.4. The first kappa shape index (κ1) is 14.5. The summed E-state index contributed by atoms with van der Waals surface area (Å²) in [5.41, 5.74) is 0.560. The zero-order valence-electron chi connectivity index (χ0n) is 11.5. The lowest BCUT2D eigenvalue weighted by Crippen LogP contribution is -2.28. The van der Waals surface area contributed by atoms with Gasteiger partial charge in [-0.25, -0.2) is 0 Å². The van der Waals surface area contributed by atoms with Gasteiger partial charge in [-0.05, 0) is 6.07 Å². The van der Waals surface area contributed by atoms with Gasteiger partial charge in [0.1, 0.15) is 12.7 Å². The predicted octanol–water partition coefficient (Wildman–Crippen LogP) is -0.150. The molecule has 2 aromatic heterocycles. The summed E-state index contributed by atoms with van der Waals surface area (Å²) in [5.74, 6) is -0.448. The Morgan fingerprint density at radius 3 is 2.86 bits per heavy atom. The Morgan fingerprint density at radius 1 is 1.57 bits per heavy atom. The topological polar surface area (TPSA) is 117 Å². The van der Waals surface area contributed by atoms with Gasteiger partial charge in [-0.1, -0.05) is 0 Å². The molecule has 0 atom stereocenters. The van der Waals surface area contributed by atoms with Gasteiger partial charge in [-0.15, -0.1) is 5.10 Å². The molecule has 0 radical (unpaired) electrons. The molecule has 2 rings (SSSR count). The number of carbonyl (C=O) groups is 1. The lowest BCUT2D eigenvalue weighted by Gasteiger charge is -2.05. The van der Waals surface area contributed by atoms with Gasteiger partial charge >= 0.3 is 11.6 Å². The number of ether oxygens (including phenoxy) is 1. The van der Waals surface area contributed by atoms with Gasteiger partial charge in [0, 0.05) is 13.2 Å². The largest absolute Gasteiger partial charge is 0.475 e. The first-order chi connectivity index (χ1) is 10.0. The van der Waals surface area contributed by atoms with E-state index in [4.69, 9.17) is 4.74 Å². The van der Waals surface area contributed by atoms with Crippen molar-refractivity contribution in [2.75, 3.05) is 7.11 Å². The number of amides is 1. The molecular weight excluding hydrogens is 280 g/mol. The highest BCUT2D eigenvalue weighted by Crippen LogP contribution is 2.23. The fourth-order valence-electron chi connectivity index (χ4n) is 1.71. The Hall–Kier alpha value is -2.91. The summed E-state index contributed by atoms with van der Waals surface area (Å²) >= 11 is 0. The van der Waals surface area contributed by atoms with Crippen molar-refractivity contribution < 1.29 is 14.5 Å². The molecule has 0 aromatic carbocycles. The highest BCUT2D eigenvalue weighted by molar-refractivity contribution is 5.75. The minimum absolute atomic E-state index is 0.126. The number of rotatable bonds is 6. The highest BCUT2D eigenvalue weighted by atomic mass is 16.6. The summed E-state index contributed by atoms with van der Waals surface area (Å²) in [6, 6.07) is 1.78. The highest BCUT2D eigenvalue weighted by Gasteiger charge is 2.21. The standard InChI is InChI=1S/C11H14N6O4/c1-15-8(3-4-13-15)5-12-10(18)7-16-6-9(17(19)20)11(14-16)21-2/h3-4,6H,5,7H2,1-2H3,(H,12,18). The van der Waals surface area contributed by atoms with E-state index in [0.717, 1.165) is 16.6 Å². The summed E-state index contributed by atoms with van der Waals surface area (Å²) in [4.78, 5) is 21.9. The lowest BCUT2D eigenvalue weighted by atomic mass is 10.4. The number of methoxy groups -OCH3 is 1. The zero-order chi connectivity index (χ0) is 15.4. The minimum atomic E-state index is -0.615. The van der Waals surface area contributed by atoms with Gasteiger partial charge in [0.25, 0.3) is 0 Å². The molecule has 112 valence electrons. The fourth-order valence-corrected chi connectivity index (χ4v) is 1.71. The maximum absolute atomic E-state index is 11.8. The van der Waals surface area contributed by atoms with Crippen molar-refractivity contribution in [3.05, 3.63) is 34.3 Å². The van der Waals surface area contributed by atoms with Crippen LogP contribution in [0, 0.1) is 10.1 Å². The second kappa shape index (κ2) is 6.03. The first-order valence-electron chi connectivity index (χ1n) is 6.00. The van der Waals surface area contributed by atoms with E-state index in [1.54, 1.807) is 24.0 Å². The molecule has 0 bridgehead atoms. The number of hydrogen-bond acceptors (Lipinski definition) is 6. The number of carbonyl (C=O) groups excluding carboxylic acids is 1. The molecule has 0 unspecified atom stereocenters. The molecule has 0 spiro atoms. The molecule has 1 amide bonds. The number of aryl methyl sites for hydroxylation is 1. The maximum atomic E-state index is 11.8. The van der Waals surface area contributed by atoms with Crippen LogP contribution < -0.4 is 10.1 Å². The summed E-state index contributed by atoms with van der Waals surface area (Å²) in [6.45, 7) is 0.178. The van der Waals surface area contributed by atoms with E-state index in [2.05, 4.69) is 15.5 Å². The Labute approximate surface area is 119 Å². The predicted molar refractivity (Wildman–Crippen MR) is 70.5 cm³/mol. The Kier molecular flexibility index (Phi) is 4.16. The van der Waals surface area contributed by atoms with Crippen molar-refractivity contribution in [1.82, 2.24) is 24.9 Å². The second-order valence-corrected chi connectivity index (χ2v) is 4.20. The summed E-state index contributed by atoms with van der Waals surface area (Å²) in [6.07, 6.45) is 2.78. The minimum Gasteiger partial charge on any atom is -0.475 e. The van der Waals surface area contributed by atoms with Crippen LogP contribution in [0.2, 0.25) is 0 Å². The van der Waals surface area contributed by atoms with Gasteiger partial charge in [0.15, 0.2) is 0 Å². The van der Waals surface area contributed by atoms with E-state index in [1.807, 2.05) is 0 Å². The smallest absolute Gasteiger partial charge is 0.350 e. The number of aromatic nitrogens is 4. The third-order valence-electron chi connectivity index (χ3n) is 2.79. The molecule has 0 aliphatic carbocycles. The molecular formula is C11H14N6O4. The Morgan fingerprint density at radius 2 is 2.33 bits per heavy atom. The average Bonchev–Trinajstić information content (AvgIpc) is 3.02. The average molecular weight is 294 g/mol. The van der Waals surface area contributed by atoms with Crippen LogP contribution in [-0.2, 0) is 24.9 Å². The van der Waals surface area contributed by atoms with Gasteiger partial charge in [-0.3, -0.25) is 24.3 Å². The number of nitrogens with zero attached hydrogens (tertiary/aromatic N) is 5. The first-order valence-corrected chi connectivity index (χ1v) is 6.00. The van der Waals surface area contributed by atoms with Gasteiger partial charge in [0.05, 0.1) is 24.3 Å². The lowest BCUT2D eigenvalue weighted by molar-refractivity contribution is -0.385. The molecule has 1 N–H and O–H groups in total. The summed E-state index contributed by atoms with van der Waals surface area (Å²) < 4.78 is 7.59. The molecule has 0 fully saturated rings. The van der Waals surface area contributed by atoms with Crippen LogP contribution in [0.4, 0.5) is 5.69 Å². The molecule has 10 nitrogen and oxygen atoms in total. The third kappa shape index (κ3) is 3.35. The quantitative estimate of drug-likeness (QED) is 0.585. The number of nitro groups is 1. The summed E-state index contributed by atoms with van der Waals surface area (Å²) in [7, 11) is 3.05. The van der Waals surface area contributed by atoms with Crippen molar-refractivity contribution in [1.29, 1.82) is 0 Å². The van der Waals surface area contributed by atoms with E-state index in [9.17, 15) is 14.9 Å². The molecule has 0 aliphatic rings. The second-order valence-electron chi connectivity index (χ2n) is 4.20. The van der Waals surface area contributed by atoms with Crippen LogP contribution in [0.3, 0.4) is 0 Å². The molecule has 21 heavy (non-hydrogen) atoms. The number of nitrogens with one attached hydrogen (secondary N) is 1. The van der Waals surface area contributed by atoms with Gasteiger partial charge in [-0.2, -0.15) is 5.10 Å². The van der Waals surface area contributed by atoms with E-state index in [1.165, 1.54) is 7.11 Å². The van der Waals surface area contributed by atoms with Crippen molar-refractivity contribution in [3.8, 4) is 5.88 Å². The van der Waals surface area contributed by atoms with Crippen molar-refractivity contribution in [3.63, 3.8) is 0 Å². The van der Waals surface area contributed by atoms with E-state index in [0.29, 0.717) is 6.54 Å². The van der Waals surface area contributed by atoms with Crippen LogP contribution in [0.15, 0.2) is 18.5 Å². The maximum Gasteiger partial charge on any atom is 0.350 e. The van der Waals surface area contributed by atoms with Crippen molar-refractivity contribution in [2.45, 2.75) is 13.1 Å². The van der Waals surface area contributed by atoms with Crippen molar-refractivity contribution >= 4 is 11.6 Å². The SMILES string of the molecule is COc1nn(CC(=O)NCc2ccnn2C)cc1[N+](=O)[O-]. The van der Waals surface area contributed by atoms with E-state index >= 15 is 0 Å². The van der Waals surface area contributed by atoms with Crippen LogP contribution in [0.5, 0.6) is 5.88 Å².